The first-order valence-electron chi connectivity index (χ1n) is 12.1. The Bertz CT molecular complexity index is 1180. The summed E-state index contributed by atoms with van der Waals surface area (Å²) >= 11 is 0. The Kier molecular flexibility index (Phi) is 10.7. The van der Waals surface area contributed by atoms with Gasteiger partial charge in [-0.2, -0.15) is 5.10 Å². The number of benzene rings is 2. The van der Waals surface area contributed by atoms with E-state index in [-0.39, 0.29) is 0 Å². The number of nitrogen functional groups attached to an aromatic ring is 1. The van der Waals surface area contributed by atoms with Gasteiger partial charge < -0.3 is 16.4 Å². The van der Waals surface area contributed by atoms with Crippen LogP contribution in [0.5, 0.6) is 0 Å². The molecule has 0 fully saturated rings. The summed E-state index contributed by atoms with van der Waals surface area (Å²) in [6.45, 7) is 4.80. The Morgan fingerprint density at radius 2 is 1.67 bits per heavy atom. The van der Waals surface area contributed by atoms with Gasteiger partial charge in [-0.15, -0.1) is 0 Å². The van der Waals surface area contributed by atoms with Crippen LogP contribution in [-0.2, 0) is 17.8 Å². The summed E-state index contributed by atoms with van der Waals surface area (Å²) in [5, 5.41) is 11.1. The highest BCUT2D eigenvalue weighted by molar-refractivity contribution is 7.84. The number of rotatable bonds is 10. The third-order valence-electron chi connectivity index (χ3n) is 5.70. The summed E-state index contributed by atoms with van der Waals surface area (Å²) in [4.78, 5) is 5.16. The summed E-state index contributed by atoms with van der Waals surface area (Å²) < 4.78 is 13.3. The molecule has 0 aliphatic heterocycles. The van der Waals surface area contributed by atoms with Crippen molar-refractivity contribution in [3.63, 3.8) is 0 Å². The maximum absolute atomic E-state index is 11.5. The Balaban J connectivity index is 0.000000526. The van der Waals surface area contributed by atoms with Gasteiger partial charge in [0.05, 0.1) is 11.9 Å². The van der Waals surface area contributed by atoms with E-state index in [1.54, 1.807) is 17.1 Å². The van der Waals surface area contributed by atoms with Crippen LogP contribution in [0.4, 0.5) is 11.5 Å². The molecule has 0 radical (unpaired) electrons. The minimum Gasteiger partial charge on any atom is -0.382 e. The van der Waals surface area contributed by atoms with E-state index >= 15 is 0 Å². The number of hydrogen-bond acceptors (Lipinski definition) is 6. The quantitative estimate of drug-likeness (QED) is 0.271. The fourth-order valence-corrected chi connectivity index (χ4v) is 4.11. The van der Waals surface area contributed by atoms with Crippen molar-refractivity contribution in [1.82, 2.24) is 20.1 Å². The van der Waals surface area contributed by atoms with Crippen molar-refractivity contribution in [2.75, 3.05) is 36.9 Å². The predicted octanol–water partition coefficient (Wildman–Crippen LogP) is 4.68. The Morgan fingerprint density at radius 3 is 2.25 bits per heavy atom. The number of nitrogens with one attached hydrogen (secondary N) is 2. The minimum absolute atomic E-state index is 0.397. The van der Waals surface area contributed by atoms with Crippen molar-refractivity contribution in [3.05, 3.63) is 90.9 Å². The largest absolute Gasteiger partial charge is 0.382 e. The van der Waals surface area contributed by atoms with E-state index in [1.165, 1.54) is 5.56 Å². The lowest BCUT2D eigenvalue weighted by atomic mass is 10.0. The molecule has 0 spiro atoms. The van der Waals surface area contributed by atoms with Crippen molar-refractivity contribution < 1.29 is 4.21 Å². The van der Waals surface area contributed by atoms with Gasteiger partial charge in [0.25, 0.3) is 0 Å². The number of anilines is 2. The molecule has 7 nitrogen and oxygen atoms in total. The maximum Gasteiger partial charge on any atom is 0.146 e. The third kappa shape index (κ3) is 8.62. The zero-order chi connectivity index (χ0) is 25.8. The van der Waals surface area contributed by atoms with Gasteiger partial charge in [0.1, 0.15) is 5.82 Å². The molecule has 8 heteroatoms. The fourth-order valence-electron chi connectivity index (χ4n) is 3.59. The smallest absolute Gasteiger partial charge is 0.146 e. The van der Waals surface area contributed by atoms with Crippen LogP contribution in [0.25, 0.3) is 11.1 Å². The average molecular weight is 505 g/mol. The first-order valence-corrected chi connectivity index (χ1v) is 13.6. The molecule has 0 bridgehead atoms. The standard InChI is InChI=1S/C22H30N6OS.C6H6/c1-16(17-5-7-20(8-6-17)30(3)29)12-24-9-4-10-25-21-11-18(13-26-22(21)23)19-14-27-28(2)15-19;1-2-4-6-5-3-1/h5-8,11,13-16,24-25H,4,9-10,12H2,1-3H3,(H2,23,26);1-6H. The van der Waals surface area contributed by atoms with Crippen LogP contribution < -0.4 is 16.4 Å². The maximum atomic E-state index is 11.5. The predicted molar refractivity (Wildman–Crippen MR) is 150 cm³/mol. The lowest BCUT2D eigenvalue weighted by Crippen LogP contribution is -2.23. The zero-order valence-electron chi connectivity index (χ0n) is 21.2. The third-order valence-corrected chi connectivity index (χ3v) is 6.64. The fraction of sp³-hybridized carbons (Fsp3) is 0.286. The molecule has 4 N–H and O–H groups in total. The molecule has 0 aliphatic carbocycles. The van der Waals surface area contributed by atoms with Gasteiger partial charge in [0.2, 0.25) is 0 Å². The molecular formula is C28H36N6OS. The van der Waals surface area contributed by atoms with Gasteiger partial charge in [0.15, 0.2) is 0 Å². The van der Waals surface area contributed by atoms with E-state index in [1.807, 2.05) is 74.0 Å². The van der Waals surface area contributed by atoms with Crippen molar-refractivity contribution in [2.24, 2.45) is 7.05 Å². The second kappa shape index (κ2) is 14.2. The molecule has 2 heterocycles. The molecule has 4 aromatic rings. The monoisotopic (exact) mass is 504 g/mol. The van der Waals surface area contributed by atoms with Crippen LogP contribution in [0.15, 0.2) is 90.2 Å². The van der Waals surface area contributed by atoms with E-state index in [0.29, 0.717) is 11.7 Å². The molecule has 2 aromatic carbocycles. The van der Waals surface area contributed by atoms with Crippen LogP contribution in [0.1, 0.15) is 24.8 Å². The first-order chi connectivity index (χ1) is 17.4. The molecule has 190 valence electrons. The summed E-state index contributed by atoms with van der Waals surface area (Å²) in [5.74, 6) is 0.897. The number of aromatic nitrogens is 3. The first kappa shape index (κ1) is 27.1. The lowest BCUT2D eigenvalue weighted by molar-refractivity contribution is 0.603. The van der Waals surface area contributed by atoms with Crippen molar-refractivity contribution in [1.29, 1.82) is 0 Å². The second-order valence-corrected chi connectivity index (χ2v) is 10.0. The van der Waals surface area contributed by atoms with Gasteiger partial charge in [0, 0.05) is 65.6 Å². The molecule has 2 aromatic heterocycles. The minimum atomic E-state index is -0.929. The van der Waals surface area contributed by atoms with Gasteiger partial charge in [-0.1, -0.05) is 55.5 Å². The highest BCUT2D eigenvalue weighted by atomic mass is 32.2. The van der Waals surface area contributed by atoms with Gasteiger partial charge in [-0.05, 0) is 42.6 Å². The van der Waals surface area contributed by atoms with Crippen LogP contribution in [0.3, 0.4) is 0 Å². The van der Waals surface area contributed by atoms with E-state index in [4.69, 9.17) is 5.73 Å². The summed E-state index contributed by atoms with van der Waals surface area (Å²) in [5.41, 5.74) is 10.1. The summed E-state index contributed by atoms with van der Waals surface area (Å²) in [7, 11) is 0.964. The molecule has 2 unspecified atom stereocenters. The highest BCUT2D eigenvalue weighted by Crippen LogP contribution is 2.24. The number of aryl methyl sites for hydroxylation is 1. The Labute approximate surface area is 216 Å². The van der Waals surface area contributed by atoms with E-state index in [2.05, 4.69) is 39.8 Å². The van der Waals surface area contributed by atoms with Crippen molar-refractivity contribution >= 4 is 22.3 Å². The molecule has 2 atom stereocenters. The highest BCUT2D eigenvalue weighted by Gasteiger charge is 2.07. The lowest BCUT2D eigenvalue weighted by Gasteiger charge is -2.14. The number of nitrogens with zero attached hydrogens (tertiary/aromatic N) is 3. The Morgan fingerprint density at radius 1 is 1.00 bits per heavy atom. The molecule has 36 heavy (non-hydrogen) atoms. The number of nitrogens with two attached hydrogens (primary N) is 1. The SMILES string of the molecule is CC(CNCCCNc1cc(-c2cnn(C)c2)cnc1N)c1ccc(S(C)=O)cc1.c1ccccc1. The topological polar surface area (TPSA) is 97.9 Å². The zero-order valence-corrected chi connectivity index (χ0v) is 22.0. The molecule has 4 rings (SSSR count). The van der Waals surface area contributed by atoms with Crippen LogP contribution in [0.2, 0.25) is 0 Å². The van der Waals surface area contributed by atoms with Crippen molar-refractivity contribution in [3.8, 4) is 11.1 Å². The molecule has 0 amide bonds. The van der Waals surface area contributed by atoms with Gasteiger partial charge >= 0.3 is 0 Å². The Hall–Kier alpha value is -3.49. The summed E-state index contributed by atoms with van der Waals surface area (Å²) in [6, 6.07) is 22.0. The van der Waals surface area contributed by atoms with Crippen molar-refractivity contribution in [2.45, 2.75) is 24.2 Å². The average Bonchev–Trinajstić information content (AvgIpc) is 3.34. The normalized spacial score (nSPS) is 12.3. The van der Waals surface area contributed by atoms with Gasteiger partial charge in [-0.3, -0.25) is 8.89 Å². The molecular weight excluding hydrogens is 468 g/mol. The second-order valence-electron chi connectivity index (χ2n) is 8.62. The summed E-state index contributed by atoms with van der Waals surface area (Å²) in [6.07, 6.45) is 8.21. The molecule has 0 saturated carbocycles. The van der Waals surface area contributed by atoms with E-state index in [9.17, 15) is 4.21 Å². The van der Waals surface area contributed by atoms with Crippen LogP contribution in [-0.4, -0.2) is 44.9 Å². The molecule has 0 saturated heterocycles. The van der Waals surface area contributed by atoms with E-state index in [0.717, 1.165) is 47.8 Å². The van der Waals surface area contributed by atoms with Crippen LogP contribution >= 0.6 is 0 Å². The molecule has 0 aliphatic rings. The number of hydrogen-bond donors (Lipinski definition) is 3. The number of pyridine rings is 1. The van der Waals surface area contributed by atoms with E-state index < -0.39 is 10.8 Å². The van der Waals surface area contributed by atoms with Gasteiger partial charge in [-0.25, -0.2) is 4.98 Å². The van der Waals surface area contributed by atoms with Crippen LogP contribution in [0, 0.1) is 0 Å².